The van der Waals surface area contributed by atoms with Crippen LogP contribution in [0.15, 0.2) is 24.3 Å². The summed E-state index contributed by atoms with van der Waals surface area (Å²) in [6.07, 6.45) is 1.71. The molecule has 0 radical (unpaired) electrons. The van der Waals surface area contributed by atoms with E-state index in [9.17, 15) is 9.59 Å². The Morgan fingerprint density at radius 3 is 2.60 bits per heavy atom. The quantitative estimate of drug-likeness (QED) is 0.700. The Morgan fingerprint density at radius 1 is 1.20 bits per heavy atom. The minimum absolute atomic E-state index is 0.417. The lowest BCUT2D eigenvalue weighted by Gasteiger charge is -2.22. The average molecular weight is 288 g/mol. The standard InChI is InChI=1S/C13H12N4O2S/c14-11(18)6-1-2-7-9(5-6)20-13-10(7)8(12(15)19)3-4-17(13)16/h1-3,5H,4,16H2,(H2,14,18)(H2,15,19). The molecule has 20 heavy (non-hydrogen) atoms. The maximum absolute atomic E-state index is 11.6. The molecule has 0 fully saturated rings. The van der Waals surface area contributed by atoms with E-state index in [0.717, 1.165) is 20.7 Å². The molecule has 2 amide bonds. The van der Waals surface area contributed by atoms with Gasteiger partial charge in [-0.3, -0.25) is 14.6 Å². The minimum atomic E-state index is -0.492. The van der Waals surface area contributed by atoms with Gasteiger partial charge in [0.15, 0.2) is 0 Å². The van der Waals surface area contributed by atoms with Crippen LogP contribution in [0.25, 0.3) is 15.7 Å². The number of primary amides is 2. The molecule has 102 valence electrons. The zero-order chi connectivity index (χ0) is 14.4. The van der Waals surface area contributed by atoms with E-state index in [1.165, 1.54) is 11.3 Å². The predicted octanol–water partition coefficient (Wildman–Crippen LogP) is 0.563. The molecule has 0 aliphatic carbocycles. The number of anilines is 1. The van der Waals surface area contributed by atoms with E-state index in [-0.39, 0.29) is 0 Å². The third-order valence-electron chi connectivity index (χ3n) is 3.24. The normalized spacial score (nSPS) is 14.1. The van der Waals surface area contributed by atoms with Crippen LogP contribution in [-0.2, 0) is 4.79 Å². The molecule has 3 rings (SSSR count). The molecule has 1 aliphatic rings. The predicted molar refractivity (Wildman–Crippen MR) is 79.0 cm³/mol. The van der Waals surface area contributed by atoms with Crippen molar-refractivity contribution in [2.75, 3.05) is 11.6 Å². The van der Waals surface area contributed by atoms with Crippen LogP contribution in [0.2, 0.25) is 0 Å². The highest BCUT2D eigenvalue weighted by Gasteiger charge is 2.25. The SMILES string of the molecule is NC(=O)C1=CCN(N)c2sc3cc(C(N)=O)ccc3c21. The van der Waals surface area contributed by atoms with Gasteiger partial charge >= 0.3 is 0 Å². The summed E-state index contributed by atoms with van der Waals surface area (Å²) in [5.41, 5.74) is 12.3. The first-order valence-electron chi connectivity index (χ1n) is 5.88. The van der Waals surface area contributed by atoms with Crippen LogP contribution in [0.5, 0.6) is 0 Å². The Hall–Kier alpha value is -2.38. The first-order valence-corrected chi connectivity index (χ1v) is 6.69. The van der Waals surface area contributed by atoms with Crippen LogP contribution < -0.4 is 22.3 Å². The summed E-state index contributed by atoms with van der Waals surface area (Å²) < 4.78 is 0.843. The topological polar surface area (TPSA) is 115 Å². The molecule has 1 aliphatic heterocycles. The molecule has 0 atom stereocenters. The number of hydrogen-bond donors (Lipinski definition) is 3. The van der Waals surface area contributed by atoms with Crippen molar-refractivity contribution < 1.29 is 9.59 Å². The third kappa shape index (κ3) is 1.75. The van der Waals surface area contributed by atoms with Gasteiger partial charge in [0.05, 0.1) is 6.54 Å². The molecule has 6 nitrogen and oxygen atoms in total. The van der Waals surface area contributed by atoms with E-state index in [0.29, 0.717) is 17.7 Å². The molecule has 0 saturated heterocycles. The van der Waals surface area contributed by atoms with Gasteiger partial charge in [0, 0.05) is 26.8 Å². The second-order valence-corrected chi connectivity index (χ2v) is 5.52. The van der Waals surface area contributed by atoms with E-state index in [1.807, 2.05) is 0 Å². The molecule has 2 aromatic rings. The van der Waals surface area contributed by atoms with Gasteiger partial charge in [-0.25, -0.2) is 5.84 Å². The molecule has 0 saturated carbocycles. The van der Waals surface area contributed by atoms with Crippen molar-refractivity contribution in [1.29, 1.82) is 0 Å². The molecular formula is C13H12N4O2S. The summed E-state index contributed by atoms with van der Waals surface area (Å²) in [5.74, 6) is 4.95. The second kappa shape index (κ2) is 4.32. The van der Waals surface area contributed by atoms with Crippen molar-refractivity contribution in [2.24, 2.45) is 17.3 Å². The highest BCUT2D eigenvalue weighted by atomic mass is 32.1. The minimum Gasteiger partial charge on any atom is -0.366 e. The number of benzene rings is 1. The van der Waals surface area contributed by atoms with Gasteiger partial charge in [-0.15, -0.1) is 11.3 Å². The largest absolute Gasteiger partial charge is 0.366 e. The summed E-state index contributed by atoms with van der Waals surface area (Å²) in [6, 6.07) is 5.10. The monoisotopic (exact) mass is 288 g/mol. The number of nitrogens with zero attached hydrogens (tertiary/aromatic N) is 1. The van der Waals surface area contributed by atoms with Crippen LogP contribution in [0.1, 0.15) is 15.9 Å². The Labute approximate surface area is 118 Å². The lowest BCUT2D eigenvalue weighted by atomic mass is 10.00. The van der Waals surface area contributed by atoms with Gasteiger partial charge in [0.1, 0.15) is 5.00 Å². The van der Waals surface area contributed by atoms with E-state index in [1.54, 1.807) is 29.3 Å². The van der Waals surface area contributed by atoms with E-state index in [2.05, 4.69) is 0 Å². The van der Waals surface area contributed by atoms with Crippen molar-refractivity contribution in [1.82, 2.24) is 0 Å². The van der Waals surface area contributed by atoms with E-state index in [4.69, 9.17) is 17.3 Å². The molecule has 0 bridgehead atoms. The highest BCUT2D eigenvalue weighted by Crippen LogP contribution is 2.43. The summed E-state index contributed by atoms with van der Waals surface area (Å²) in [4.78, 5) is 22.8. The average Bonchev–Trinajstić information content (AvgIpc) is 2.78. The molecular weight excluding hydrogens is 276 g/mol. The lowest BCUT2D eigenvalue weighted by molar-refractivity contribution is -0.112. The summed E-state index contributed by atoms with van der Waals surface area (Å²) in [7, 11) is 0. The summed E-state index contributed by atoms with van der Waals surface area (Å²) in [5, 5.41) is 3.16. The van der Waals surface area contributed by atoms with Crippen LogP contribution >= 0.6 is 11.3 Å². The van der Waals surface area contributed by atoms with Gasteiger partial charge in [-0.05, 0) is 12.1 Å². The molecule has 1 aromatic carbocycles. The highest BCUT2D eigenvalue weighted by molar-refractivity contribution is 7.23. The zero-order valence-corrected chi connectivity index (χ0v) is 11.2. The van der Waals surface area contributed by atoms with Crippen LogP contribution in [0, 0.1) is 0 Å². The number of hydrazine groups is 1. The van der Waals surface area contributed by atoms with Gasteiger partial charge < -0.3 is 11.5 Å². The van der Waals surface area contributed by atoms with Gasteiger partial charge in [-0.1, -0.05) is 12.1 Å². The van der Waals surface area contributed by atoms with Crippen molar-refractivity contribution in [3.8, 4) is 0 Å². The maximum Gasteiger partial charge on any atom is 0.249 e. The molecule has 2 heterocycles. The number of nitrogens with two attached hydrogens (primary N) is 3. The number of carbonyl (C=O) groups is 2. The first-order chi connectivity index (χ1) is 9.49. The lowest BCUT2D eigenvalue weighted by Crippen LogP contribution is -2.34. The molecule has 0 unspecified atom stereocenters. The Bertz CT molecular complexity index is 778. The van der Waals surface area contributed by atoms with Crippen LogP contribution in [-0.4, -0.2) is 18.4 Å². The molecule has 0 spiro atoms. The van der Waals surface area contributed by atoms with Crippen molar-refractivity contribution >= 4 is 43.8 Å². The van der Waals surface area contributed by atoms with Crippen molar-refractivity contribution in [3.63, 3.8) is 0 Å². The number of carbonyl (C=O) groups excluding carboxylic acids is 2. The zero-order valence-electron chi connectivity index (χ0n) is 10.4. The van der Waals surface area contributed by atoms with Crippen molar-refractivity contribution in [3.05, 3.63) is 35.4 Å². The van der Waals surface area contributed by atoms with E-state index >= 15 is 0 Å². The smallest absolute Gasteiger partial charge is 0.249 e. The van der Waals surface area contributed by atoms with Crippen LogP contribution in [0.4, 0.5) is 5.00 Å². The van der Waals surface area contributed by atoms with Crippen LogP contribution in [0.3, 0.4) is 0 Å². The summed E-state index contributed by atoms with van der Waals surface area (Å²) >= 11 is 1.41. The van der Waals surface area contributed by atoms with Gasteiger partial charge in [0.25, 0.3) is 0 Å². The Kier molecular flexibility index (Phi) is 2.73. The second-order valence-electron chi connectivity index (χ2n) is 4.49. The number of fused-ring (bicyclic) bond motifs is 3. The van der Waals surface area contributed by atoms with Crippen molar-refractivity contribution in [2.45, 2.75) is 0 Å². The Morgan fingerprint density at radius 2 is 1.95 bits per heavy atom. The third-order valence-corrected chi connectivity index (χ3v) is 4.43. The maximum atomic E-state index is 11.6. The van der Waals surface area contributed by atoms with Gasteiger partial charge in [0.2, 0.25) is 11.8 Å². The molecule has 6 N–H and O–H groups in total. The number of thiophene rings is 1. The fraction of sp³-hybridized carbons (Fsp3) is 0.0769. The Balaban J connectivity index is 2.30. The first kappa shape index (κ1) is 12.6. The van der Waals surface area contributed by atoms with E-state index < -0.39 is 11.8 Å². The van der Waals surface area contributed by atoms with Gasteiger partial charge in [-0.2, -0.15) is 0 Å². The molecule has 7 heteroatoms. The number of rotatable bonds is 2. The molecule has 1 aromatic heterocycles. The number of hydrogen-bond acceptors (Lipinski definition) is 5. The fourth-order valence-corrected chi connectivity index (χ4v) is 3.49. The number of amides is 2. The summed E-state index contributed by atoms with van der Waals surface area (Å²) in [6.45, 7) is 0.417. The fourth-order valence-electron chi connectivity index (χ4n) is 2.30.